The van der Waals surface area contributed by atoms with Crippen molar-refractivity contribution < 1.29 is 0 Å². The van der Waals surface area contributed by atoms with Crippen molar-refractivity contribution in [1.82, 2.24) is 19.7 Å². The molecule has 0 aliphatic carbocycles. The molecular formula is C12H17N5. The summed E-state index contributed by atoms with van der Waals surface area (Å²) in [6.07, 6.45) is 4.46. The lowest BCUT2D eigenvalue weighted by molar-refractivity contribution is 0.803. The van der Waals surface area contributed by atoms with Gasteiger partial charge in [-0.3, -0.25) is 0 Å². The fourth-order valence-electron chi connectivity index (χ4n) is 1.66. The van der Waals surface area contributed by atoms with Crippen LogP contribution in [0.1, 0.15) is 25.2 Å². The zero-order valence-corrected chi connectivity index (χ0v) is 10.4. The zero-order chi connectivity index (χ0) is 12.3. The molecule has 2 aromatic heterocycles. The van der Waals surface area contributed by atoms with Crippen molar-refractivity contribution in [3.05, 3.63) is 29.8 Å². The molecule has 1 N–H and O–H groups in total. The Morgan fingerprint density at radius 3 is 2.71 bits per heavy atom. The topological polar surface area (TPSA) is 55.6 Å². The second-order valence-corrected chi connectivity index (χ2v) is 3.77. The van der Waals surface area contributed by atoms with Gasteiger partial charge < -0.3 is 5.32 Å². The third-order valence-corrected chi connectivity index (χ3v) is 2.55. The van der Waals surface area contributed by atoms with Gasteiger partial charge >= 0.3 is 0 Å². The highest BCUT2D eigenvalue weighted by atomic mass is 15.3. The highest BCUT2D eigenvalue weighted by molar-refractivity contribution is 5.51. The predicted octanol–water partition coefficient (Wildman–Crippen LogP) is 1.96. The number of aryl methyl sites for hydroxylation is 1. The maximum absolute atomic E-state index is 4.53. The van der Waals surface area contributed by atoms with Gasteiger partial charge in [0.25, 0.3) is 0 Å². The van der Waals surface area contributed by atoms with Crippen molar-refractivity contribution in [3.8, 4) is 5.82 Å². The van der Waals surface area contributed by atoms with E-state index in [0.29, 0.717) is 0 Å². The smallest absolute Gasteiger partial charge is 0.162 e. The van der Waals surface area contributed by atoms with Crippen molar-refractivity contribution >= 4 is 5.82 Å². The lowest BCUT2D eigenvalue weighted by Gasteiger charge is -2.12. The molecule has 0 aliphatic rings. The van der Waals surface area contributed by atoms with E-state index in [-0.39, 0.29) is 0 Å². The Balaban J connectivity index is 2.54. The Hall–Kier alpha value is -1.91. The largest absolute Gasteiger partial charge is 0.370 e. The normalized spacial score (nSPS) is 10.5. The summed E-state index contributed by atoms with van der Waals surface area (Å²) in [5, 5.41) is 7.48. The molecule has 2 heterocycles. The van der Waals surface area contributed by atoms with Crippen LogP contribution in [0.5, 0.6) is 0 Å². The molecule has 0 unspecified atom stereocenters. The van der Waals surface area contributed by atoms with E-state index in [4.69, 9.17) is 0 Å². The van der Waals surface area contributed by atoms with Gasteiger partial charge in [-0.05, 0) is 19.9 Å². The van der Waals surface area contributed by atoms with Crippen LogP contribution in [0.25, 0.3) is 5.82 Å². The summed E-state index contributed by atoms with van der Waals surface area (Å²) in [4.78, 5) is 9.01. The van der Waals surface area contributed by atoms with Gasteiger partial charge in [-0.2, -0.15) is 5.10 Å². The summed E-state index contributed by atoms with van der Waals surface area (Å²) in [7, 11) is 0. The fraction of sp³-hybridized carbons (Fsp3) is 0.417. The molecule has 5 nitrogen and oxygen atoms in total. The van der Waals surface area contributed by atoms with E-state index in [0.717, 1.165) is 36.0 Å². The zero-order valence-electron chi connectivity index (χ0n) is 10.4. The molecule has 90 valence electrons. The first-order valence-corrected chi connectivity index (χ1v) is 5.87. The standard InChI is InChI=1S/C12H17N5/c1-4-10-15-11(13-5-2)9(3)12(16-10)17-8-6-7-14-17/h6-8H,4-5H2,1-3H3,(H,13,15,16). The van der Waals surface area contributed by atoms with E-state index in [2.05, 4.69) is 27.3 Å². The Morgan fingerprint density at radius 2 is 2.12 bits per heavy atom. The number of aromatic nitrogens is 4. The predicted molar refractivity (Wildman–Crippen MR) is 67.4 cm³/mol. The lowest BCUT2D eigenvalue weighted by Crippen LogP contribution is -2.11. The third-order valence-electron chi connectivity index (χ3n) is 2.55. The summed E-state index contributed by atoms with van der Waals surface area (Å²) in [6, 6.07) is 1.89. The van der Waals surface area contributed by atoms with Crippen molar-refractivity contribution in [2.45, 2.75) is 27.2 Å². The molecule has 0 atom stereocenters. The molecule has 17 heavy (non-hydrogen) atoms. The summed E-state index contributed by atoms with van der Waals surface area (Å²) in [5.41, 5.74) is 1.02. The molecule has 0 saturated carbocycles. The summed E-state index contributed by atoms with van der Waals surface area (Å²) >= 11 is 0. The van der Waals surface area contributed by atoms with Gasteiger partial charge in [0.1, 0.15) is 11.6 Å². The van der Waals surface area contributed by atoms with Gasteiger partial charge in [-0.25, -0.2) is 14.6 Å². The minimum absolute atomic E-state index is 0.812. The van der Waals surface area contributed by atoms with Crippen LogP contribution in [0.2, 0.25) is 0 Å². The Bertz CT molecular complexity index is 490. The molecule has 2 rings (SSSR count). The van der Waals surface area contributed by atoms with Gasteiger partial charge in [-0.15, -0.1) is 0 Å². The van der Waals surface area contributed by atoms with Gasteiger partial charge in [0.2, 0.25) is 0 Å². The van der Waals surface area contributed by atoms with Crippen LogP contribution in [-0.4, -0.2) is 26.3 Å². The van der Waals surface area contributed by atoms with E-state index in [9.17, 15) is 0 Å². The molecule has 0 spiro atoms. The van der Waals surface area contributed by atoms with E-state index >= 15 is 0 Å². The molecule has 0 saturated heterocycles. The average Bonchev–Trinajstić information content (AvgIpc) is 2.85. The van der Waals surface area contributed by atoms with Gasteiger partial charge in [0, 0.05) is 30.9 Å². The highest BCUT2D eigenvalue weighted by Gasteiger charge is 2.11. The highest BCUT2D eigenvalue weighted by Crippen LogP contribution is 2.18. The number of rotatable bonds is 4. The third kappa shape index (κ3) is 2.27. The molecule has 0 fully saturated rings. The monoisotopic (exact) mass is 231 g/mol. The van der Waals surface area contributed by atoms with Crippen molar-refractivity contribution in [3.63, 3.8) is 0 Å². The Kier molecular flexibility index (Phi) is 3.37. The molecule has 0 amide bonds. The molecule has 0 bridgehead atoms. The molecule has 2 aromatic rings. The quantitative estimate of drug-likeness (QED) is 0.874. The minimum Gasteiger partial charge on any atom is -0.370 e. The molecule has 0 aliphatic heterocycles. The molecule has 5 heteroatoms. The van der Waals surface area contributed by atoms with Crippen LogP contribution in [0, 0.1) is 6.92 Å². The first-order chi connectivity index (χ1) is 8.26. The second kappa shape index (κ2) is 4.95. The number of hydrogen-bond acceptors (Lipinski definition) is 4. The Labute approximate surface area is 101 Å². The average molecular weight is 231 g/mol. The summed E-state index contributed by atoms with van der Waals surface area (Å²) in [6.45, 7) is 6.96. The number of nitrogens with zero attached hydrogens (tertiary/aromatic N) is 4. The number of nitrogens with one attached hydrogen (secondary N) is 1. The van der Waals surface area contributed by atoms with Crippen molar-refractivity contribution in [1.29, 1.82) is 0 Å². The first-order valence-electron chi connectivity index (χ1n) is 5.87. The van der Waals surface area contributed by atoms with Crippen LogP contribution in [-0.2, 0) is 6.42 Å². The molecular weight excluding hydrogens is 214 g/mol. The summed E-state index contributed by atoms with van der Waals surface area (Å²) < 4.78 is 1.77. The van der Waals surface area contributed by atoms with E-state index < -0.39 is 0 Å². The SMILES string of the molecule is CCNc1nc(CC)nc(-n2cccn2)c1C. The second-order valence-electron chi connectivity index (χ2n) is 3.77. The van der Waals surface area contributed by atoms with Crippen LogP contribution in [0.4, 0.5) is 5.82 Å². The van der Waals surface area contributed by atoms with Gasteiger partial charge in [0.15, 0.2) is 5.82 Å². The first kappa shape index (κ1) is 11.6. The minimum atomic E-state index is 0.812. The van der Waals surface area contributed by atoms with Crippen LogP contribution >= 0.6 is 0 Å². The number of anilines is 1. The van der Waals surface area contributed by atoms with E-state index in [1.54, 1.807) is 10.9 Å². The maximum Gasteiger partial charge on any atom is 0.162 e. The van der Waals surface area contributed by atoms with Crippen LogP contribution in [0.15, 0.2) is 18.5 Å². The number of hydrogen-bond donors (Lipinski definition) is 1. The van der Waals surface area contributed by atoms with Crippen LogP contribution in [0.3, 0.4) is 0 Å². The fourth-order valence-corrected chi connectivity index (χ4v) is 1.66. The van der Waals surface area contributed by atoms with Gasteiger partial charge in [0.05, 0.1) is 0 Å². The van der Waals surface area contributed by atoms with E-state index in [1.807, 2.05) is 26.1 Å². The summed E-state index contributed by atoms with van der Waals surface area (Å²) in [5.74, 6) is 2.57. The Morgan fingerprint density at radius 1 is 1.29 bits per heavy atom. The van der Waals surface area contributed by atoms with Crippen LogP contribution < -0.4 is 5.32 Å². The molecule has 0 radical (unpaired) electrons. The molecule has 0 aromatic carbocycles. The van der Waals surface area contributed by atoms with Crippen molar-refractivity contribution in [2.75, 3.05) is 11.9 Å². The maximum atomic E-state index is 4.53. The van der Waals surface area contributed by atoms with Gasteiger partial charge in [-0.1, -0.05) is 6.92 Å². The lowest BCUT2D eigenvalue weighted by atomic mass is 10.3. The van der Waals surface area contributed by atoms with Crippen molar-refractivity contribution in [2.24, 2.45) is 0 Å². The van der Waals surface area contributed by atoms with E-state index in [1.165, 1.54) is 0 Å².